The molecule has 0 radical (unpaired) electrons. The van der Waals surface area contributed by atoms with Crippen molar-refractivity contribution >= 4 is 0 Å². The second kappa shape index (κ2) is 8.12. The van der Waals surface area contributed by atoms with Crippen molar-refractivity contribution in [1.29, 1.82) is 0 Å². The zero-order chi connectivity index (χ0) is 14.3. The monoisotopic (exact) mass is 268 g/mol. The van der Waals surface area contributed by atoms with E-state index in [2.05, 4.69) is 24.1 Å². The highest BCUT2D eigenvalue weighted by molar-refractivity contribution is 5.36. The van der Waals surface area contributed by atoms with Gasteiger partial charge in [0.2, 0.25) is 0 Å². The second-order valence-electron chi connectivity index (χ2n) is 4.97. The Labute approximate surface area is 115 Å². The molecule has 0 fully saturated rings. The molecule has 0 bridgehead atoms. The predicted octanol–water partition coefficient (Wildman–Crippen LogP) is 2.83. The Kier molecular flexibility index (Phi) is 6.81. The van der Waals surface area contributed by atoms with E-state index >= 15 is 0 Å². The number of nitrogens with zero attached hydrogens (tertiary/aromatic N) is 1. The first-order valence-electron chi connectivity index (χ1n) is 6.85. The lowest BCUT2D eigenvalue weighted by Crippen LogP contribution is -2.19. The lowest BCUT2D eigenvalue weighted by molar-refractivity contribution is 0.276. The van der Waals surface area contributed by atoms with Crippen molar-refractivity contribution in [3.05, 3.63) is 29.6 Å². The van der Waals surface area contributed by atoms with Crippen molar-refractivity contribution in [3.8, 4) is 5.75 Å². The molecule has 0 aliphatic carbocycles. The zero-order valence-corrected chi connectivity index (χ0v) is 12.4. The van der Waals surface area contributed by atoms with Crippen LogP contribution in [0.25, 0.3) is 0 Å². The van der Waals surface area contributed by atoms with Gasteiger partial charge >= 0.3 is 0 Å². The van der Waals surface area contributed by atoms with Crippen LogP contribution in [0.3, 0.4) is 0 Å². The average Bonchev–Trinajstić information content (AvgIpc) is 2.34. The Hall–Kier alpha value is -1.13. The maximum atomic E-state index is 13.3. The third kappa shape index (κ3) is 5.57. The van der Waals surface area contributed by atoms with E-state index in [-0.39, 0.29) is 11.9 Å². The molecule has 1 aromatic rings. The van der Waals surface area contributed by atoms with Gasteiger partial charge in [0.25, 0.3) is 0 Å². The van der Waals surface area contributed by atoms with Crippen molar-refractivity contribution in [3.63, 3.8) is 0 Å². The van der Waals surface area contributed by atoms with Gasteiger partial charge in [-0.3, -0.25) is 0 Å². The number of rotatable bonds is 8. The van der Waals surface area contributed by atoms with Crippen molar-refractivity contribution in [2.75, 3.05) is 33.8 Å². The normalized spacial score (nSPS) is 12.7. The number of halogens is 1. The molecule has 0 aliphatic rings. The molecule has 0 aliphatic heterocycles. The molecule has 0 heterocycles. The standard InChI is InChI=1S/C15H25FN2O/c1-5-17-12(2)14-8-7-13(16)11-15(14)19-10-6-9-18(3)4/h7-8,11-12,17H,5-6,9-10H2,1-4H3. The van der Waals surface area contributed by atoms with Crippen molar-refractivity contribution in [1.82, 2.24) is 10.2 Å². The van der Waals surface area contributed by atoms with Crippen molar-refractivity contribution < 1.29 is 9.13 Å². The van der Waals surface area contributed by atoms with Crippen LogP contribution in [-0.2, 0) is 0 Å². The molecule has 4 heteroatoms. The summed E-state index contributed by atoms with van der Waals surface area (Å²) in [6.07, 6.45) is 0.929. The summed E-state index contributed by atoms with van der Waals surface area (Å²) in [5.74, 6) is 0.391. The number of hydrogen-bond acceptors (Lipinski definition) is 3. The topological polar surface area (TPSA) is 24.5 Å². The first-order chi connectivity index (χ1) is 9.04. The summed E-state index contributed by atoms with van der Waals surface area (Å²) in [4.78, 5) is 2.11. The van der Waals surface area contributed by atoms with Crippen LogP contribution in [0.15, 0.2) is 18.2 Å². The summed E-state index contributed by atoms with van der Waals surface area (Å²) >= 11 is 0. The summed E-state index contributed by atoms with van der Waals surface area (Å²) in [5, 5.41) is 3.32. The Balaban J connectivity index is 2.66. The molecule has 1 aromatic carbocycles. The highest BCUT2D eigenvalue weighted by atomic mass is 19.1. The van der Waals surface area contributed by atoms with Crippen LogP contribution in [0.2, 0.25) is 0 Å². The fraction of sp³-hybridized carbons (Fsp3) is 0.600. The highest BCUT2D eigenvalue weighted by Gasteiger charge is 2.11. The molecule has 0 aromatic heterocycles. The van der Waals surface area contributed by atoms with E-state index < -0.39 is 0 Å². The average molecular weight is 268 g/mol. The highest BCUT2D eigenvalue weighted by Crippen LogP contribution is 2.26. The van der Waals surface area contributed by atoms with E-state index in [1.54, 1.807) is 6.07 Å². The van der Waals surface area contributed by atoms with E-state index in [1.807, 2.05) is 14.1 Å². The van der Waals surface area contributed by atoms with Gasteiger partial charge in [-0.2, -0.15) is 0 Å². The summed E-state index contributed by atoms with van der Waals surface area (Å²) in [6, 6.07) is 4.91. The maximum Gasteiger partial charge on any atom is 0.126 e. The molecule has 0 amide bonds. The van der Waals surface area contributed by atoms with Crippen molar-refractivity contribution in [2.24, 2.45) is 0 Å². The zero-order valence-electron chi connectivity index (χ0n) is 12.4. The van der Waals surface area contributed by atoms with Gasteiger partial charge in [-0.15, -0.1) is 0 Å². The summed E-state index contributed by atoms with van der Waals surface area (Å²) < 4.78 is 19.1. The molecule has 0 spiro atoms. The van der Waals surface area contributed by atoms with Gasteiger partial charge in [0.1, 0.15) is 11.6 Å². The largest absolute Gasteiger partial charge is 0.493 e. The molecule has 0 saturated heterocycles. The fourth-order valence-electron chi connectivity index (χ4n) is 1.97. The lowest BCUT2D eigenvalue weighted by Gasteiger charge is -2.18. The molecular weight excluding hydrogens is 243 g/mol. The molecule has 1 N–H and O–H groups in total. The van der Waals surface area contributed by atoms with Gasteiger partial charge in [0.05, 0.1) is 6.61 Å². The van der Waals surface area contributed by atoms with Crippen LogP contribution < -0.4 is 10.1 Å². The van der Waals surface area contributed by atoms with Crippen LogP contribution in [0.1, 0.15) is 31.9 Å². The molecule has 3 nitrogen and oxygen atoms in total. The third-order valence-corrected chi connectivity index (χ3v) is 2.96. The molecular formula is C15H25FN2O. The lowest BCUT2D eigenvalue weighted by atomic mass is 10.1. The Morgan fingerprint density at radius 3 is 2.74 bits per heavy atom. The quantitative estimate of drug-likeness (QED) is 0.734. The van der Waals surface area contributed by atoms with Crippen LogP contribution in [-0.4, -0.2) is 38.7 Å². The van der Waals surface area contributed by atoms with Crippen LogP contribution in [0, 0.1) is 5.82 Å². The summed E-state index contributed by atoms with van der Waals surface area (Å²) in [7, 11) is 4.06. The molecule has 0 saturated carbocycles. The maximum absolute atomic E-state index is 13.3. The van der Waals surface area contributed by atoms with Gasteiger partial charge in [-0.05, 0) is 40.1 Å². The van der Waals surface area contributed by atoms with Crippen molar-refractivity contribution in [2.45, 2.75) is 26.3 Å². The van der Waals surface area contributed by atoms with Crippen LogP contribution >= 0.6 is 0 Å². The third-order valence-electron chi connectivity index (χ3n) is 2.96. The Morgan fingerprint density at radius 2 is 2.11 bits per heavy atom. The van der Waals surface area contributed by atoms with E-state index in [0.717, 1.165) is 25.1 Å². The molecule has 1 atom stereocenters. The molecule has 1 unspecified atom stereocenters. The minimum absolute atomic E-state index is 0.162. The fourth-order valence-corrected chi connectivity index (χ4v) is 1.97. The van der Waals surface area contributed by atoms with Gasteiger partial charge in [0.15, 0.2) is 0 Å². The Morgan fingerprint density at radius 1 is 1.37 bits per heavy atom. The number of benzene rings is 1. The van der Waals surface area contributed by atoms with E-state index in [4.69, 9.17) is 4.74 Å². The Bertz CT molecular complexity index is 382. The minimum Gasteiger partial charge on any atom is -0.493 e. The smallest absolute Gasteiger partial charge is 0.126 e. The minimum atomic E-state index is -0.255. The van der Waals surface area contributed by atoms with Crippen LogP contribution in [0.5, 0.6) is 5.75 Å². The first-order valence-corrected chi connectivity index (χ1v) is 6.85. The summed E-state index contributed by atoms with van der Waals surface area (Å²) in [6.45, 7) is 6.56. The number of nitrogens with one attached hydrogen (secondary N) is 1. The van der Waals surface area contributed by atoms with Gasteiger partial charge in [-0.1, -0.05) is 13.0 Å². The van der Waals surface area contributed by atoms with E-state index in [0.29, 0.717) is 12.4 Å². The predicted molar refractivity (Wildman–Crippen MR) is 77.2 cm³/mol. The van der Waals surface area contributed by atoms with Gasteiger partial charge in [-0.25, -0.2) is 4.39 Å². The van der Waals surface area contributed by atoms with E-state index in [1.165, 1.54) is 12.1 Å². The summed E-state index contributed by atoms with van der Waals surface area (Å²) in [5.41, 5.74) is 1.01. The number of hydrogen-bond donors (Lipinski definition) is 1. The first kappa shape index (κ1) is 15.9. The second-order valence-corrected chi connectivity index (χ2v) is 4.97. The SMILES string of the molecule is CCNC(C)c1ccc(F)cc1OCCCN(C)C. The number of ether oxygens (including phenoxy) is 1. The van der Waals surface area contributed by atoms with Gasteiger partial charge < -0.3 is 15.0 Å². The van der Waals surface area contributed by atoms with Gasteiger partial charge in [0, 0.05) is 24.2 Å². The molecule has 19 heavy (non-hydrogen) atoms. The molecule has 1 rings (SSSR count). The van der Waals surface area contributed by atoms with E-state index in [9.17, 15) is 4.39 Å². The van der Waals surface area contributed by atoms with Crippen LogP contribution in [0.4, 0.5) is 4.39 Å². The molecule has 108 valence electrons.